The van der Waals surface area contributed by atoms with E-state index in [2.05, 4.69) is 27.2 Å². The third kappa shape index (κ3) is 4.95. The molecule has 1 saturated carbocycles. The van der Waals surface area contributed by atoms with Crippen molar-refractivity contribution in [3.8, 4) is 0 Å². The van der Waals surface area contributed by atoms with Gasteiger partial charge in [-0.2, -0.15) is 0 Å². The molecule has 1 atom stereocenters. The first kappa shape index (κ1) is 18.2. The van der Waals surface area contributed by atoms with E-state index in [-0.39, 0.29) is 5.91 Å². The van der Waals surface area contributed by atoms with Gasteiger partial charge in [0, 0.05) is 44.1 Å². The molecule has 5 nitrogen and oxygen atoms in total. The first-order valence-corrected chi connectivity index (χ1v) is 9.65. The molecular weight excluding hydrogens is 312 g/mol. The second kappa shape index (κ2) is 7.75. The van der Waals surface area contributed by atoms with Crippen molar-refractivity contribution in [1.82, 2.24) is 4.90 Å². The maximum atomic E-state index is 12.4. The summed E-state index contributed by atoms with van der Waals surface area (Å²) in [5.74, 6) is 0.847. The third-order valence-corrected chi connectivity index (χ3v) is 5.34. The fourth-order valence-corrected chi connectivity index (χ4v) is 3.54. The number of nitrogens with two attached hydrogens (primary N) is 1. The molecule has 1 amide bonds. The van der Waals surface area contributed by atoms with Gasteiger partial charge in [0.2, 0.25) is 5.91 Å². The molecule has 2 aliphatic rings. The number of rotatable bonds is 7. The first-order valence-electron chi connectivity index (χ1n) is 9.65. The molecule has 1 aromatic rings. The highest BCUT2D eigenvalue weighted by Gasteiger charge is 2.28. The minimum absolute atomic E-state index is 0.110. The van der Waals surface area contributed by atoms with Crippen molar-refractivity contribution in [3.63, 3.8) is 0 Å². The van der Waals surface area contributed by atoms with Gasteiger partial charge in [0.15, 0.2) is 0 Å². The lowest BCUT2D eigenvalue weighted by atomic mass is 9.96. The van der Waals surface area contributed by atoms with Gasteiger partial charge in [-0.05, 0) is 50.3 Å². The monoisotopic (exact) mass is 344 g/mol. The number of hydrogen-bond acceptors (Lipinski definition) is 4. The number of amides is 1. The summed E-state index contributed by atoms with van der Waals surface area (Å²) in [7, 11) is 0. The minimum atomic E-state index is -0.820. The predicted octanol–water partition coefficient (Wildman–Crippen LogP) is 2.67. The van der Waals surface area contributed by atoms with Crippen LogP contribution in [-0.4, -0.2) is 49.1 Å². The van der Waals surface area contributed by atoms with Crippen molar-refractivity contribution >= 4 is 17.3 Å². The van der Waals surface area contributed by atoms with Gasteiger partial charge in [0.25, 0.3) is 0 Å². The molecule has 1 unspecified atom stereocenters. The maximum Gasteiger partial charge on any atom is 0.244 e. The summed E-state index contributed by atoms with van der Waals surface area (Å²) in [5.41, 5.74) is 7.32. The molecule has 25 heavy (non-hydrogen) atoms. The lowest BCUT2D eigenvalue weighted by molar-refractivity contribution is -0.120. The summed E-state index contributed by atoms with van der Waals surface area (Å²) in [6, 6.07) is 8.14. The second-order valence-corrected chi connectivity index (χ2v) is 7.90. The Morgan fingerprint density at radius 3 is 2.64 bits per heavy atom. The van der Waals surface area contributed by atoms with E-state index >= 15 is 0 Å². The molecule has 3 rings (SSSR count). The lowest BCUT2D eigenvalue weighted by Crippen LogP contribution is -2.48. The molecule has 138 valence electrons. The summed E-state index contributed by atoms with van der Waals surface area (Å²) in [6.45, 7) is 9.48. The normalized spacial score (nSPS) is 21.0. The molecule has 5 heteroatoms. The van der Waals surface area contributed by atoms with Gasteiger partial charge < -0.3 is 16.0 Å². The molecule has 0 bridgehead atoms. The van der Waals surface area contributed by atoms with Gasteiger partial charge in [-0.15, -0.1) is 0 Å². The van der Waals surface area contributed by atoms with Crippen LogP contribution in [0.15, 0.2) is 24.3 Å². The van der Waals surface area contributed by atoms with Crippen LogP contribution in [0.5, 0.6) is 0 Å². The number of piperazine rings is 1. The largest absolute Gasteiger partial charge is 0.369 e. The van der Waals surface area contributed by atoms with E-state index in [1.165, 1.54) is 25.1 Å². The van der Waals surface area contributed by atoms with Crippen LogP contribution in [0.2, 0.25) is 0 Å². The van der Waals surface area contributed by atoms with Crippen LogP contribution in [0.1, 0.15) is 39.5 Å². The van der Waals surface area contributed by atoms with Crippen LogP contribution in [0.3, 0.4) is 0 Å². The zero-order valence-electron chi connectivity index (χ0n) is 15.6. The van der Waals surface area contributed by atoms with E-state index in [4.69, 9.17) is 5.73 Å². The van der Waals surface area contributed by atoms with Gasteiger partial charge in [-0.3, -0.25) is 9.69 Å². The van der Waals surface area contributed by atoms with Crippen LogP contribution in [0, 0.1) is 5.92 Å². The van der Waals surface area contributed by atoms with Gasteiger partial charge in [-0.25, -0.2) is 0 Å². The maximum absolute atomic E-state index is 12.4. The van der Waals surface area contributed by atoms with Crippen molar-refractivity contribution < 1.29 is 4.79 Å². The van der Waals surface area contributed by atoms with Crippen LogP contribution in [0.25, 0.3) is 0 Å². The molecule has 0 radical (unpaired) electrons. The number of carbonyl (C=O) groups is 1. The van der Waals surface area contributed by atoms with Crippen LogP contribution in [0.4, 0.5) is 11.4 Å². The molecule has 3 N–H and O–H groups in total. The SMILES string of the molecule is CCCC(C)(N)C(=O)Nc1cccc(N2CCN(CC3CC3)CC2)c1. The highest BCUT2D eigenvalue weighted by Crippen LogP contribution is 2.30. The number of carbonyl (C=O) groups excluding carboxylic acids is 1. The Morgan fingerprint density at radius 1 is 1.28 bits per heavy atom. The average Bonchev–Trinajstić information content (AvgIpc) is 3.40. The van der Waals surface area contributed by atoms with Crippen molar-refractivity contribution in [3.05, 3.63) is 24.3 Å². The number of hydrogen-bond donors (Lipinski definition) is 2. The lowest BCUT2D eigenvalue weighted by Gasteiger charge is -2.36. The predicted molar refractivity (Wildman–Crippen MR) is 104 cm³/mol. The number of benzene rings is 1. The fraction of sp³-hybridized carbons (Fsp3) is 0.650. The highest BCUT2D eigenvalue weighted by atomic mass is 16.2. The van der Waals surface area contributed by atoms with Crippen LogP contribution in [-0.2, 0) is 4.79 Å². The van der Waals surface area contributed by atoms with E-state index in [0.29, 0.717) is 6.42 Å². The van der Waals surface area contributed by atoms with E-state index in [0.717, 1.165) is 44.2 Å². The summed E-state index contributed by atoms with van der Waals surface area (Å²) >= 11 is 0. The Morgan fingerprint density at radius 2 is 2.00 bits per heavy atom. The summed E-state index contributed by atoms with van der Waals surface area (Å²) < 4.78 is 0. The van der Waals surface area contributed by atoms with E-state index in [1.54, 1.807) is 6.92 Å². The molecule has 1 heterocycles. The fourth-order valence-electron chi connectivity index (χ4n) is 3.54. The molecular formula is C20H32N4O. The second-order valence-electron chi connectivity index (χ2n) is 7.90. The molecule has 1 aliphatic carbocycles. The van der Waals surface area contributed by atoms with Crippen molar-refractivity contribution in [2.45, 2.75) is 45.1 Å². The molecule has 1 aliphatic heterocycles. The van der Waals surface area contributed by atoms with Gasteiger partial charge in [0.05, 0.1) is 5.54 Å². The van der Waals surface area contributed by atoms with E-state index in [1.807, 2.05) is 19.1 Å². The zero-order chi connectivity index (χ0) is 17.9. The van der Waals surface area contributed by atoms with Gasteiger partial charge in [0.1, 0.15) is 0 Å². The van der Waals surface area contributed by atoms with E-state index in [9.17, 15) is 4.79 Å². The smallest absolute Gasteiger partial charge is 0.244 e. The Kier molecular flexibility index (Phi) is 5.64. The molecule has 1 aromatic carbocycles. The number of nitrogens with zero attached hydrogens (tertiary/aromatic N) is 2. The first-order chi connectivity index (χ1) is 12.0. The Labute approximate surface area is 151 Å². The molecule has 0 aromatic heterocycles. The highest BCUT2D eigenvalue weighted by molar-refractivity contribution is 5.97. The van der Waals surface area contributed by atoms with Crippen molar-refractivity contribution in [1.29, 1.82) is 0 Å². The van der Waals surface area contributed by atoms with Gasteiger partial charge in [-0.1, -0.05) is 19.4 Å². The summed E-state index contributed by atoms with van der Waals surface area (Å²) in [6.07, 6.45) is 4.41. The third-order valence-electron chi connectivity index (χ3n) is 5.34. The standard InChI is InChI=1S/C20H32N4O/c1-3-9-20(2,21)19(25)22-17-5-4-6-18(14-17)24-12-10-23(11-13-24)15-16-7-8-16/h4-6,14,16H,3,7-13,15,21H2,1-2H3,(H,22,25). The Hall–Kier alpha value is -1.59. The molecule has 1 saturated heterocycles. The summed E-state index contributed by atoms with van der Waals surface area (Å²) in [5, 5.41) is 2.99. The topological polar surface area (TPSA) is 61.6 Å². The van der Waals surface area contributed by atoms with Crippen molar-refractivity contribution in [2.75, 3.05) is 42.9 Å². The zero-order valence-corrected chi connectivity index (χ0v) is 15.6. The Bertz CT molecular complexity index is 589. The summed E-state index contributed by atoms with van der Waals surface area (Å²) in [4.78, 5) is 17.4. The Balaban J connectivity index is 1.57. The minimum Gasteiger partial charge on any atom is -0.369 e. The van der Waals surface area contributed by atoms with Gasteiger partial charge >= 0.3 is 0 Å². The average molecular weight is 345 g/mol. The van der Waals surface area contributed by atoms with Crippen molar-refractivity contribution in [2.24, 2.45) is 11.7 Å². The van der Waals surface area contributed by atoms with E-state index < -0.39 is 5.54 Å². The quantitative estimate of drug-likeness (QED) is 0.798. The molecule has 2 fully saturated rings. The van der Waals surface area contributed by atoms with Crippen LogP contribution < -0.4 is 16.0 Å². The van der Waals surface area contributed by atoms with Crippen LogP contribution >= 0.6 is 0 Å². The number of nitrogens with one attached hydrogen (secondary N) is 1. The molecule has 0 spiro atoms. The number of anilines is 2.